The third kappa shape index (κ3) is 6.07. The number of aliphatic imine (C=N–C) groups is 1. The summed E-state index contributed by atoms with van der Waals surface area (Å²) in [5.41, 5.74) is 0.986. The number of hydrogen-bond acceptors (Lipinski definition) is 6. The van der Waals surface area contributed by atoms with E-state index >= 15 is 0 Å². The summed E-state index contributed by atoms with van der Waals surface area (Å²) in [5, 5.41) is 14.9. The highest BCUT2D eigenvalue weighted by atomic mass is 16.5. The Morgan fingerprint density at radius 2 is 1.84 bits per heavy atom. The summed E-state index contributed by atoms with van der Waals surface area (Å²) in [6, 6.07) is 7.84. The lowest BCUT2D eigenvalue weighted by Crippen LogP contribution is -2.37. The van der Waals surface area contributed by atoms with Crippen LogP contribution in [-0.2, 0) is 32.1 Å². The molecule has 0 aliphatic rings. The first-order valence-electron chi connectivity index (χ1n) is 10.2. The summed E-state index contributed by atoms with van der Waals surface area (Å²) in [6.45, 7) is 9.62. The van der Waals surface area contributed by atoms with Gasteiger partial charge in [-0.05, 0) is 24.6 Å². The molecule has 0 aliphatic carbocycles. The van der Waals surface area contributed by atoms with Crippen LogP contribution in [0.1, 0.15) is 49.6 Å². The molecule has 0 saturated carbocycles. The molecule has 3 rings (SSSR count). The number of ether oxygens (including phenoxy) is 1. The zero-order chi connectivity index (χ0) is 22.4. The van der Waals surface area contributed by atoms with Gasteiger partial charge in [-0.25, -0.2) is 9.98 Å². The molecule has 9 nitrogen and oxygen atoms in total. The molecule has 2 aromatic heterocycles. The molecule has 0 bridgehead atoms. The lowest BCUT2D eigenvalue weighted by molar-refractivity contribution is 0.379. The van der Waals surface area contributed by atoms with Crippen molar-refractivity contribution in [1.82, 2.24) is 30.4 Å². The lowest BCUT2D eigenvalue weighted by atomic mass is 9.94. The Kier molecular flexibility index (Phi) is 6.94. The molecule has 0 unspecified atom stereocenters. The molecular weight excluding hydrogens is 394 g/mol. The van der Waals surface area contributed by atoms with E-state index in [-0.39, 0.29) is 5.41 Å². The van der Waals surface area contributed by atoms with Crippen molar-refractivity contribution in [3.05, 3.63) is 59.3 Å². The van der Waals surface area contributed by atoms with Crippen LogP contribution < -0.4 is 15.4 Å². The zero-order valence-electron chi connectivity index (χ0n) is 19.1. The molecular formula is C22H31N7O2. The molecule has 9 heteroatoms. The SMILES string of the molecule is COc1ccc(CN=C(NCc2ncc(C(C)(C)C)o2)NCc2nnc(C)n2C)cc1. The molecule has 31 heavy (non-hydrogen) atoms. The molecule has 2 heterocycles. The second-order valence-electron chi connectivity index (χ2n) is 8.31. The number of aromatic nitrogens is 4. The maximum atomic E-state index is 5.88. The highest BCUT2D eigenvalue weighted by Crippen LogP contribution is 2.22. The van der Waals surface area contributed by atoms with E-state index in [0.717, 1.165) is 28.7 Å². The normalized spacial score (nSPS) is 12.1. The van der Waals surface area contributed by atoms with Crippen molar-refractivity contribution >= 4 is 5.96 Å². The second kappa shape index (κ2) is 9.63. The van der Waals surface area contributed by atoms with Gasteiger partial charge in [0.2, 0.25) is 5.89 Å². The van der Waals surface area contributed by atoms with Gasteiger partial charge >= 0.3 is 0 Å². The number of benzene rings is 1. The quantitative estimate of drug-likeness (QED) is 0.443. The van der Waals surface area contributed by atoms with Gasteiger partial charge < -0.3 is 24.4 Å². The van der Waals surface area contributed by atoms with Crippen LogP contribution in [0.25, 0.3) is 0 Å². The minimum Gasteiger partial charge on any atom is -0.497 e. The maximum Gasteiger partial charge on any atom is 0.213 e. The van der Waals surface area contributed by atoms with Gasteiger partial charge in [0.25, 0.3) is 0 Å². The highest BCUT2D eigenvalue weighted by molar-refractivity contribution is 5.79. The monoisotopic (exact) mass is 425 g/mol. The molecule has 3 aromatic rings. The first-order chi connectivity index (χ1) is 14.8. The molecule has 0 atom stereocenters. The van der Waals surface area contributed by atoms with Crippen molar-refractivity contribution in [3.8, 4) is 5.75 Å². The van der Waals surface area contributed by atoms with Crippen molar-refractivity contribution < 1.29 is 9.15 Å². The van der Waals surface area contributed by atoms with Gasteiger partial charge in [-0.1, -0.05) is 32.9 Å². The fourth-order valence-corrected chi connectivity index (χ4v) is 2.74. The molecule has 0 saturated heterocycles. The Balaban J connectivity index is 1.69. The topological polar surface area (TPSA) is 102 Å². The summed E-state index contributed by atoms with van der Waals surface area (Å²) in [6.07, 6.45) is 1.78. The van der Waals surface area contributed by atoms with Gasteiger partial charge in [0.1, 0.15) is 17.3 Å². The Morgan fingerprint density at radius 1 is 1.13 bits per heavy atom. The Bertz CT molecular complexity index is 1010. The van der Waals surface area contributed by atoms with Crippen LogP contribution in [0.5, 0.6) is 5.75 Å². The molecule has 0 radical (unpaired) electrons. The molecule has 0 spiro atoms. The standard InChI is InChI=1S/C22H31N7O2/c1-15-27-28-19(29(15)5)13-25-21(24-11-16-7-9-17(30-6)10-8-16)26-14-20-23-12-18(31-20)22(2,3)4/h7-10,12H,11,13-14H2,1-6H3,(H2,24,25,26). The van der Waals surface area contributed by atoms with E-state index in [1.54, 1.807) is 13.3 Å². The molecule has 0 amide bonds. The molecule has 1 aromatic carbocycles. The van der Waals surface area contributed by atoms with E-state index in [4.69, 9.17) is 14.1 Å². The number of nitrogens with zero attached hydrogens (tertiary/aromatic N) is 5. The first kappa shape index (κ1) is 22.3. The predicted molar refractivity (Wildman–Crippen MR) is 119 cm³/mol. The number of methoxy groups -OCH3 is 1. The third-order valence-electron chi connectivity index (χ3n) is 4.88. The van der Waals surface area contributed by atoms with Crippen molar-refractivity contribution in [2.45, 2.75) is 52.7 Å². The van der Waals surface area contributed by atoms with Gasteiger partial charge in [0.05, 0.1) is 32.9 Å². The average Bonchev–Trinajstić information content (AvgIpc) is 3.35. The average molecular weight is 426 g/mol. The summed E-state index contributed by atoms with van der Waals surface area (Å²) in [5.74, 6) is 4.59. The third-order valence-corrected chi connectivity index (χ3v) is 4.88. The number of oxazole rings is 1. The number of guanidine groups is 1. The van der Waals surface area contributed by atoms with Gasteiger partial charge in [0.15, 0.2) is 11.8 Å². The van der Waals surface area contributed by atoms with Gasteiger partial charge in [-0.2, -0.15) is 0 Å². The van der Waals surface area contributed by atoms with Crippen LogP contribution in [0.15, 0.2) is 39.9 Å². The number of rotatable bonds is 7. The van der Waals surface area contributed by atoms with E-state index in [0.29, 0.717) is 31.5 Å². The second-order valence-corrected chi connectivity index (χ2v) is 8.31. The summed E-state index contributed by atoms with van der Waals surface area (Å²) in [7, 11) is 3.59. The number of aryl methyl sites for hydroxylation is 1. The lowest BCUT2D eigenvalue weighted by Gasteiger charge is -2.14. The molecule has 0 fully saturated rings. The maximum absolute atomic E-state index is 5.88. The van der Waals surface area contributed by atoms with Crippen LogP contribution in [-0.4, -0.2) is 32.8 Å². The number of nitrogens with one attached hydrogen (secondary N) is 2. The van der Waals surface area contributed by atoms with Crippen LogP contribution in [0, 0.1) is 6.92 Å². The summed E-state index contributed by atoms with van der Waals surface area (Å²) >= 11 is 0. The first-order valence-corrected chi connectivity index (χ1v) is 10.2. The largest absolute Gasteiger partial charge is 0.497 e. The van der Waals surface area contributed by atoms with Crippen LogP contribution in [0.3, 0.4) is 0 Å². The van der Waals surface area contributed by atoms with Gasteiger partial charge in [0, 0.05) is 12.5 Å². The minimum absolute atomic E-state index is 0.0855. The van der Waals surface area contributed by atoms with E-state index in [9.17, 15) is 0 Å². The predicted octanol–water partition coefficient (Wildman–Crippen LogP) is 2.85. The van der Waals surface area contributed by atoms with Gasteiger partial charge in [-0.15, -0.1) is 10.2 Å². The van der Waals surface area contributed by atoms with Crippen LogP contribution in [0.4, 0.5) is 0 Å². The zero-order valence-corrected chi connectivity index (χ0v) is 19.1. The van der Waals surface area contributed by atoms with Crippen LogP contribution in [0.2, 0.25) is 0 Å². The molecule has 166 valence electrons. The Hall–Kier alpha value is -3.36. The fourth-order valence-electron chi connectivity index (χ4n) is 2.74. The highest BCUT2D eigenvalue weighted by Gasteiger charge is 2.19. The smallest absolute Gasteiger partial charge is 0.213 e. The molecule has 0 aliphatic heterocycles. The van der Waals surface area contributed by atoms with Crippen molar-refractivity contribution in [3.63, 3.8) is 0 Å². The van der Waals surface area contributed by atoms with Crippen molar-refractivity contribution in [2.24, 2.45) is 12.0 Å². The summed E-state index contributed by atoms with van der Waals surface area (Å²) < 4.78 is 13.0. The van der Waals surface area contributed by atoms with Crippen molar-refractivity contribution in [1.29, 1.82) is 0 Å². The van der Waals surface area contributed by atoms with E-state index in [2.05, 4.69) is 46.6 Å². The Labute approximate surface area is 183 Å². The fraction of sp³-hybridized carbons (Fsp3) is 0.455. The van der Waals surface area contributed by atoms with Gasteiger partial charge in [-0.3, -0.25) is 0 Å². The molecule has 2 N–H and O–H groups in total. The number of hydrogen-bond donors (Lipinski definition) is 2. The summed E-state index contributed by atoms with van der Waals surface area (Å²) in [4.78, 5) is 9.07. The Morgan fingerprint density at radius 3 is 2.42 bits per heavy atom. The van der Waals surface area contributed by atoms with E-state index < -0.39 is 0 Å². The van der Waals surface area contributed by atoms with Crippen molar-refractivity contribution in [2.75, 3.05) is 7.11 Å². The van der Waals surface area contributed by atoms with E-state index in [1.165, 1.54) is 0 Å². The van der Waals surface area contributed by atoms with Crippen LogP contribution >= 0.6 is 0 Å². The minimum atomic E-state index is -0.0855. The van der Waals surface area contributed by atoms with E-state index in [1.807, 2.05) is 42.8 Å².